The first-order valence-electron chi connectivity index (χ1n) is 5.56. The number of methoxy groups -OCH3 is 1. The SMILES string of the molecule is COCCc1nccc(CNC(C)(C)C)n1. The number of rotatable bonds is 5. The average molecular weight is 223 g/mol. The van der Waals surface area contributed by atoms with Crippen molar-refractivity contribution >= 4 is 0 Å². The van der Waals surface area contributed by atoms with Crippen LogP contribution in [0, 0.1) is 0 Å². The number of ether oxygens (including phenoxy) is 1. The van der Waals surface area contributed by atoms with Gasteiger partial charge in [-0.1, -0.05) is 0 Å². The van der Waals surface area contributed by atoms with Gasteiger partial charge in [0, 0.05) is 31.8 Å². The van der Waals surface area contributed by atoms with Crippen LogP contribution in [0.1, 0.15) is 32.3 Å². The van der Waals surface area contributed by atoms with Gasteiger partial charge in [0.2, 0.25) is 0 Å². The zero-order valence-corrected chi connectivity index (χ0v) is 10.6. The smallest absolute Gasteiger partial charge is 0.130 e. The van der Waals surface area contributed by atoms with Gasteiger partial charge < -0.3 is 10.1 Å². The van der Waals surface area contributed by atoms with Gasteiger partial charge in [0.25, 0.3) is 0 Å². The van der Waals surface area contributed by atoms with Crippen molar-refractivity contribution in [3.8, 4) is 0 Å². The maximum absolute atomic E-state index is 5.00. The summed E-state index contributed by atoms with van der Waals surface area (Å²) in [6.45, 7) is 7.85. The minimum Gasteiger partial charge on any atom is -0.384 e. The molecule has 16 heavy (non-hydrogen) atoms. The third kappa shape index (κ3) is 5.19. The quantitative estimate of drug-likeness (QED) is 0.823. The van der Waals surface area contributed by atoms with Gasteiger partial charge >= 0.3 is 0 Å². The Balaban J connectivity index is 2.53. The van der Waals surface area contributed by atoms with E-state index in [9.17, 15) is 0 Å². The lowest BCUT2D eigenvalue weighted by Gasteiger charge is -2.20. The molecule has 0 atom stereocenters. The normalized spacial score (nSPS) is 11.8. The number of hydrogen-bond donors (Lipinski definition) is 1. The minimum absolute atomic E-state index is 0.109. The van der Waals surface area contributed by atoms with Gasteiger partial charge in [-0.05, 0) is 26.8 Å². The fraction of sp³-hybridized carbons (Fsp3) is 0.667. The Kier molecular flexibility index (Phi) is 4.83. The summed E-state index contributed by atoms with van der Waals surface area (Å²) in [6, 6.07) is 1.94. The first-order valence-corrected chi connectivity index (χ1v) is 5.56. The molecule has 0 spiro atoms. The highest BCUT2D eigenvalue weighted by Gasteiger charge is 2.09. The summed E-state index contributed by atoms with van der Waals surface area (Å²) < 4.78 is 5.00. The zero-order valence-electron chi connectivity index (χ0n) is 10.6. The van der Waals surface area contributed by atoms with E-state index in [0.717, 1.165) is 24.5 Å². The first-order chi connectivity index (χ1) is 7.51. The summed E-state index contributed by atoms with van der Waals surface area (Å²) >= 11 is 0. The highest BCUT2D eigenvalue weighted by atomic mass is 16.5. The predicted octanol–water partition coefficient (Wildman–Crippen LogP) is 1.55. The van der Waals surface area contributed by atoms with Gasteiger partial charge in [0.15, 0.2) is 0 Å². The third-order valence-electron chi connectivity index (χ3n) is 2.09. The number of nitrogens with one attached hydrogen (secondary N) is 1. The lowest BCUT2D eigenvalue weighted by Crippen LogP contribution is -2.35. The molecular weight excluding hydrogens is 202 g/mol. The van der Waals surface area contributed by atoms with Crippen LogP contribution in [0.3, 0.4) is 0 Å². The van der Waals surface area contributed by atoms with Crippen molar-refractivity contribution in [3.63, 3.8) is 0 Å². The summed E-state index contributed by atoms with van der Waals surface area (Å²) in [4.78, 5) is 8.66. The molecule has 1 rings (SSSR count). The Hall–Kier alpha value is -1.00. The van der Waals surface area contributed by atoms with Gasteiger partial charge in [-0.3, -0.25) is 0 Å². The standard InChI is InChI=1S/C12H21N3O/c1-12(2,3)14-9-10-5-7-13-11(15-10)6-8-16-4/h5,7,14H,6,8-9H2,1-4H3. The molecule has 0 aromatic carbocycles. The summed E-state index contributed by atoms with van der Waals surface area (Å²) in [5.41, 5.74) is 1.13. The van der Waals surface area contributed by atoms with Crippen LogP contribution in [-0.4, -0.2) is 29.2 Å². The van der Waals surface area contributed by atoms with Gasteiger partial charge in [0.05, 0.1) is 12.3 Å². The lowest BCUT2D eigenvalue weighted by atomic mass is 10.1. The van der Waals surface area contributed by atoms with Gasteiger partial charge in [-0.25, -0.2) is 9.97 Å². The molecule has 4 nitrogen and oxygen atoms in total. The van der Waals surface area contributed by atoms with E-state index in [1.807, 2.05) is 6.07 Å². The van der Waals surface area contributed by atoms with Crippen molar-refractivity contribution in [1.82, 2.24) is 15.3 Å². The van der Waals surface area contributed by atoms with Crippen LogP contribution in [0.25, 0.3) is 0 Å². The molecule has 1 N–H and O–H groups in total. The van der Waals surface area contributed by atoms with E-state index in [4.69, 9.17) is 4.74 Å². The molecule has 0 aliphatic rings. The molecule has 0 aliphatic heterocycles. The van der Waals surface area contributed by atoms with Crippen molar-refractivity contribution in [2.75, 3.05) is 13.7 Å². The third-order valence-corrected chi connectivity index (χ3v) is 2.09. The molecule has 0 amide bonds. The summed E-state index contributed by atoms with van der Waals surface area (Å²) in [7, 11) is 1.69. The lowest BCUT2D eigenvalue weighted by molar-refractivity contribution is 0.200. The van der Waals surface area contributed by atoms with Crippen LogP contribution in [0.2, 0.25) is 0 Å². The van der Waals surface area contributed by atoms with Gasteiger partial charge in [0.1, 0.15) is 5.82 Å². The molecule has 0 radical (unpaired) electrons. The highest BCUT2D eigenvalue weighted by Crippen LogP contribution is 2.02. The van der Waals surface area contributed by atoms with Crippen LogP contribution in [0.15, 0.2) is 12.3 Å². The van der Waals surface area contributed by atoms with Crippen LogP contribution in [-0.2, 0) is 17.7 Å². The molecule has 0 fully saturated rings. The van der Waals surface area contributed by atoms with Crippen molar-refractivity contribution in [1.29, 1.82) is 0 Å². The maximum Gasteiger partial charge on any atom is 0.130 e. The van der Waals surface area contributed by atoms with Crippen LogP contribution in [0.5, 0.6) is 0 Å². The van der Waals surface area contributed by atoms with E-state index in [2.05, 4.69) is 36.1 Å². The second kappa shape index (κ2) is 5.92. The fourth-order valence-electron chi connectivity index (χ4n) is 1.21. The van der Waals surface area contributed by atoms with Gasteiger partial charge in [-0.2, -0.15) is 0 Å². The Bertz CT molecular complexity index is 320. The highest BCUT2D eigenvalue weighted by molar-refractivity contribution is 5.03. The molecule has 0 unspecified atom stereocenters. The summed E-state index contributed by atoms with van der Waals surface area (Å²) in [6.07, 6.45) is 2.57. The molecule has 1 aromatic rings. The number of hydrogen-bond acceptors (Lipinski definition) is 4. The average Bonchev–Trinajstić information content (AvgIpc) is 2.23. The van der Waals surface area contributed by atoms with E-state index in [1.165, 1.54) is 0 Å². The first kappa shape index (κ1) is 13.1. The van der Waals surface area contributed by atoms with E-state index in [0.29, 0.717) is 6.61 Å². The molecule has 4 heteroatoms. The molecule has 0 aliphatic carbocycles. The second-order valence-electron chi connectivity index (χ2n) is 4.81. The van der Waals surface area contributed by atoms with Crippen molar-refractivity contribution in [2.24, 2.45) is 0 Å². The Labute approximate surface area is 97.5 Å². The van der Waals surface area contributed by atoms with E-state index in [-0.39, 0.29) is 5.54 Å². The van der Waals surface area contributed by atoms with Crippen molar-refractivity contribution in [2.45, 2.75) is 39.3 Å². The second-order valence-corrected chi connectivity index (χ2v) is 4.81. The van der Waals surface area contributed by atoms with Crippen molar-refractivity contribution < 1.29 is 4.74 Å². The predicted molar refractivity (Wildman–Crippen MR) is 64.2 cm³/mol. The largest absolute Gasteiger partial charge is 0.384 e. The van der Waals surface area contributed by atoms with E-state index < -0.39 is 0 Å². The molecule has 1 aromatic heterocycles. The molecule has 0 saturated carbocycles. The van der Waals surface area contributed by atoms with E-state index >= 15 is 0 Å². The Morgan fingerprint density at radius 3 is 2.75 bits per heavy atom. The maximum atomic E-state index is 5.00. The van der Waals surface area contributed by atoms with Crippen LogP contribution >= 0.6 is 0 Å². The zero-order chi connectivity index (χ0) is 12.0. The summed E-state index contributed by atoms with van der Waals surface area (Å²) in [5, 5.41) is 3.40. The number of aromatic nitrogens is 2. The van der Waals surface area contributed by atoms with Gasteiger partial charge in [-0.15, -0.1) is 0 Å². The molecule has 90 valence electrons. The summed E-state index contributed by atoms with van der Waals surface area (Å²) in [5.74, 6) is 0.843. The fourth-order valence-corrected chi connectivity index (χ4v) is 1.21. The molecule has 0 bridgehead atoms. The topological polar surface area (TPSA) is 47.0 Å². The molecule has 0 saturated heterocycles. The molecular formula is C12H21N3O. The molecule has 1 heterocycles. The van der Waals surface area contributed by atoms with Crippen molar-refractivity contribution in [3.05, 3.63) is 23.8 Å². The van der Waals surface area contributed by atoms with Crippen LogP contribution in [0.4, 0.5) is 0 Å². The van der Waals surface area contributed by atoms with Crippen LogP contribution < -0.4 is 5.32 Å². The van der Waals surface area contributed by atoms with E-state index in [1.54, 1.807) is 13.3 Å². The number of nitrogens with zero attached hydrogens (tertiary/aromatic N) is 2. The minimum atomic E-state index is 0.109. The Morgan fingerprint density at radius 2 is 2.12 bits per heavy atom. The monoisotopic (exact) mass is 223 g/mol. The Morgan fingerprint density at radius 1 is 1.38 bits per heavy atom.